The molecule has 2 N–H and O–H groups in total. The van der Waals surface area contributed by atoms with E-state index >= 15 is 0 Å². The second-order valence-corrected chi connectivity index (χ2v) is 5.50. The van der Waals surface area contributed by atoms with Gasteiger partial charge in [0.15, 0.2) is 0 Å². The molecule has 0 aliphatic carbocycles. The first kappa shape index (κ1) is 13.8. The number of aliphatic hydroxyl groups is 2. The summed E-state index contributed by atoms with van der Waals surface area (Å²) in [6, 6.07) is -0.241. The Labute approximate surface area is 108 Å². The molecule has 104 valence electrons. The van der Waals surface area contributed by atoms with Crippen molar-refractivity contribution in [2.45, 2.75) is 50.9 Å². The van der Waals surface area contributed by atoms with Gasteiger partial charge in [-0.3, -0.25) is 9.69 Å². The van der Waals surface area contributed by atoms with E-state index in [0.29, 0.717) is 13.1 Å². The quantitative estimate of drug-likeness (QED) is 0.719. The molecule has 3 unspecified atom stereocenters. The fourth-order valence-corrected chi connectivity index (χ4v) is 2.83. The zero-order valence-corrected chi connectivity index (χ0v) is 11.1. The van der Waals surface area contributed by atoms with E-state index < -0.39 is 12.2 Å². The van der Waals surface area contributed by atoms with Gasteiger partial charge in [-0.2, -0.15) is 0 Å². The third kappa shape index (κ3) is 3.02. The molecule has 1 amide bonds. The molecule has 0 aromatic rings. The largest absolute Gasteiger partial charge is 0.389 e. The number of aliphatic hydroxyl groups excluding tert-OH is 2. The van der Waals surface area contributed by atoms with E-state index in [4.69, 9.17) is 0 Å². The predicted octanol–water partition coefficient (Wildman–Crippen LogP) is -0.185. The van der Waals surface area contributed by atoms with E-state index in [1.54, 1.807) is 0 Å². The molecule has 3 atom stereocenters. The monoisotopic (exact) mass is 256 g/mol. The molecule has 0 spiro atoms. The number of likely N-dealkylation sites (tertiary alicyclic amines) is 2. The van der Waals surface area contributed by atoms with Crippen LogP contribution in [0, 0.1) is 0 Å². The highest BCUT2D eigenvalue weighted by molar-refractivity contribution is 5.81. The third-order valence-corrected chi connectivity index (χ3v) is 4.11. The number of amides is 1. The molecule has 2 saturated heterocycles. The molecule has 2 fully saturated rings. The van der Waals surface area contributed by atoms with Crippen LogP contribution in [0.2, 0.25) is 0 Å². The zero-order valence-electron chi connectivity index (χ0n) is 11.1. The van der Waals surface area contributed by atoms with Crippen molar-refractivity contribution in [3.8, 4) is 0 Å². The lowest BCUT2D eigenvalue weighted by atomic mass is 10.2. The molecule has 5 nitrogen and oxygen atoms in total. The van der Waals surface area contributed by atoms with Crippen molar-refractivity contribution < 1.29 is 15.0 Å². The van der Waals surface area contributed by atoms with Gasteiger partial charge >= 0.3 is 0 Å². The van der Waals surface area contributed by atoms with E-state index in [9.17, 15) is 15.0 Å². The number of nitrogens with zero attached hydrogens (tertiary/aromatic N) is 2. The molecule has 2 aliphatic heterocycles. The highest BCUT2D eigenvalue weighted by Crippen LogP contribution is 2.17. The van der Waals surface area contributed by atoms with Gasteiger partial charge in [-0.15, -0.1) is 0 Å². The Morgan fingerprint density at radius 3 is 2.06 bits per heavy atom. The summed E-state index contributed by atoms with van der Waals surface area (Å²) in [4.78, 5) is 16.2. The number of rotatable bonds is 2. The second kappa shape index (κ2) is 5.99. The molecule has 2 rings (SSSR count). The van der Waals surface area contributed by atoms with Gasteiger partial charge in [0.05, 0.1) is 18.2 Å². The van der Waals surface area contributed by atoms with Crippen LogP contribution in [0.4, 0.5) is 0 Å². The number of carbonyl (C=O) groups is 1. The van der Waals surface area contributed by atoms with Crippen LogP contribution >= 0.6 is 0 Å². The Kier molecular flexibility index (Phi) is 4.59. The summed E-state index contributed by atoms with van der Waals surface area (Å²) in [5, 5.41) is 19.1. The predicted molar refractivity (Wildman–Crippen MR) is 68.1 cm³/mol. The van der Waals surface area contributed by atoms with Crippen molar-refractivity contribution in [2.75, 3.05) is 26.2 Å². The van der Waals surface area contributed by atoms with Crippen LogP contribution < -0.4 is 0 Å². The molecule has 2 aliphatic rings. The van der Waals surface area contributed by atoms with Crippen LogP contribution in [-0.4, -0.2) is 70.3 Å². The fraction of sp³-hybridized carbons (Fsp3) is 0.923. The molecule has 0 bridgehead atoms. The lowest BCUT2D eigenvalue weighted by molar-refractivity contribution is -0.136. The zero-order chi connectivity index (χ0) is 13.1. The smallest absolute Gasteiger partial charge is 0.239 e. The van der Waals surface area contributed by atoms with Gasteiger partial charge < -0.3 is 15.1 Å². The highest BCUT2D eigenvalue weighted by Gasteiger charge is 2.36. The summed E-state index contributed by atoms with van der Waals surface area (Å²) < 4.78 is 0. The fourth-order valence-electron chi connectivity index (χ4n) is 2.83. The maximum absolute atomic E-state index is 12.4. The SMILES string of the molecule is CC(C(=O)N1CCCCCC1)N1CC(O)C(O)C1. The van der Waals surface area contributed by atoms with E-state index in [1.807, 2.05) is 16.7 Å². The van der Waals surface area contributed by atoms with Gasteiger partial charge in [-0.1, -0.05) is 12.8 Å². The summed E-state index contributed by atoms with van der Waals surface area (Å²) >= 11 is 0. The van der Waals surface area contributed by atoms with Crippen molar-refractivity contribution in [3.05, 3.63) is 0 Å². The number of carbonyl (C=O) groups excluding carboxylic acids is 1. The Morgan fingerprint density at radius 1 is 1.06 bits per heavy atom. The third-order valence-electron chi connectivity index (χ3n) is 4.11. The summed E-state index contributed by atoms with van der Waals surface area (Å²) in [6.07, 6.45) is 3.15. The molecule has 2 heterocycles. The molecule has 18 heavy (non-hydrogen) atoms. The van der Waals surface area contributed by atoms with Gasteiger partial charge in [0, 0.05) is 26.2 Å². The Morgan fingerprint density at radius 2 is 1.56 bits per heavy atom. The maximum Gasteiger partial charge on any atom is 0.239 e. The van der Waals surface area contributed by atoms with Crippen molar-refractivity contribution in [1.82, 2.24) is 9.80 Å². The first-order valence-corrected chi connectivity index (χ1v) is 6.98. The Balaban J connectivity index is 1.91. The minimum absolute atomic E-state index is 0.137. The standard InChI is InChI=1S/C13H24N2O3/c1-10(15-8-11(16)12(17)9-15)13(18)14-6-4-2-3-5-7-14/h10-12,16-17H,2-9H2,1H3. The summed E-state index contributed by atoms with van der Waals surface area (Å²) in [6.45, 7) is 4.35. The lowest BCUT2D eigenvalue weighted by Gasteiger charge is -2.29. The molecule has 0 radical (unpaired) electrons. The number of β-amino-alcohol motifs (C(OH)–C–C–N with tert-alkyl or cyclic N) is 2. The van der Waals surface area contributed by atoms with Crippen LogP contribution in [0.5, 0.6) is 0 Å². The van der Waals surface area contributed by atoms with Gasteiger partial charge in [0.25, 0.3) is 0 Å². The minimum Gasteiger partial charge on any atom is -0.389 e. The molecular formula is C13H24N2O3. The van der Waals surface area contributed by atoms with Crippen LogP contribution in [0.3, 0.4) is 0 Å². The van der Waals surface area contributed by atoms with Gasteiger partial charge in [-0.05, 0) is 19.8 Å². The van der Waals surface area contributed by atoms with Crippen LogP contribution in [-0.2, 0) is 4.79 Å². The molecular weight excluding hydrogens is 232 g/mol. The van der Waals surface area contributed by atoms with Crippen molar-refractivity contribution in [1.29, 1.82) is 0 Å². The molecule has 5 heteroatoms. The maximum atomic E-state index is 12.4. The Bertz CT molecular complexity index is 280. The van der Waals surface area contributed by atoms with E-state index in [1.165, 1.54) is 12.8 Å². The molecule has 0 aromatic heterocycles. The molecule has 0 saturated carbocycles. The van der Waals surface area contributed by atoms with Crippen molar-refractivity contribution >= 4 is 5.91 Å². The summed E-state index contributed by atoms with van der Waals surface area (Å²) in [7, 11) is 0. The van der Waals surface area contributed by atoms with Crippen LogP contribution in [0.25, 0.3) is 0 Å². The summed E-state index contributed by atoms with van der Waals surface area (Å²) in [5.41, 5.74) is 0. The topological polar surface area (TPSA) is 64.0 Å². The van der Waals surface area contributed by atoms with E-state index in [2.05, 4.69) is 0 Å². The summed E-state index contributed by atoms with van der Waals surface area (Å²) in [5.74, 6) is 0.137. The van der Waals surface area contributed by atoms with Gasteiger partial charge in [-0.25, -0.2) is 0 Å². The van der Waals surface area contributed by atoms with Gasteiger partial charge in [0.2, 0.25) is 5.91 Å². The van der Waals surface area contributed by atoms with Crippen LogP contribution in [0.1, 0.15) is 32.6 Å². The molecule has 0 aromatic carbocycles. The minimum atomic E-state index is -0.718. The number of hydrogen-bond donors (Lipinski definition) is 2. The van der Waals surface area contributed by atoms with Crippen molar-refractivity contribution in [2.24, 2.45) is 0 Å². The lowest BCUT2D eigenvalue weighted by Crippen LogP contribution is -2.47. The average molecular weight is 256 g/mol. The van der Waals surface area contributed by atoms with Gasteiger partial charge in [0.1, 0.15) is 0 Å². The Hall–Kier alpha value is -0.650. The number of hydrogen-bond acceptors (Lipinski definition) is 4. The van der Waals surface area contributed by atoms with E-state index in [-0.39, 0.29) is 11.9 Å². The average Bonchev–Trinajstić information content (AvgIpc) is 2.61. The highest BCUT2D eigenvalue weighted by atomic mass is 16.3. The first-order valence-electron chi connectivity index (χ1n) is 6.98. The second-order valence-electron chi connectivity index (χ2n) is 5.50. The van der Waals surface area contributed by atoms with Crippen molar-refractivity contribution in [3.63, 3.8) is 0 Å². The normalized spacial score (nSPS) is 32.3. The van der Waals surface area contributed by atoms with Crippen LogP contribution in [0.15, 0.2) is 0 Å². The van der Waals surface area contributed by atoms with E-state index in [0.717, 1.165) is 25.9 Å². The first-order chi connectivity index (χ1) is 8.59.